The number of hydrogen-bond donors (Lipinski definition) is 1. The van der Waals surface area contributed by atoms with Crippen LogP contribution in [0.4, 0.5) is 5.13 Å². The lowest BCUT2D eigenvalue weighted by Gasteiger charge is -2.02. The summed E-state index contributed by atoms with van der Waals surface area (Å²) in [5.41, 5.74) is 4.77. The van der Waals surface area contributed by atoms with Crippen LogP contribution in [0.2, 0.25) is 0 Å². The van der Waals surface area contributed by atoms with E-state index in [9.17, 15) is 4.79 Å². The first-order chi connectivity index (χ1) is 12.2. The van der Waals surface area contributed by atoms with E-state index in [0.717, 1.165) is 16.8 Å². The molecule has 6 heteroatoms. The molecule has 4 rings (SSSR count). The Morgan fingerprint density at radius 2 is 1.76 bits per heavy atom. The number of para-hydroxylation sites is 2. The fraction of sp³-hybridized carbons (Fsp3) is 0.0526. The highest BCUT2D eigenvalue weighted by atomic mass is 32.1. The van der Waals surface area contributed by atoms with Gasteiger partial charge in [0.1, 0.15) is 5.69 Å². The summed E-state index contributed by atoms with van der Waals surface area (Å²) in [6.45, 7) is 2.04. The van der Waals surface area contributed by atoms with Gasteiger partial charge in [-0.25, -0.2) is 9.97 Å². The Morgan fingerprint density at radius 1 is 1.00 bits per heavy atom. The topological polar surface area (TPSA) is 67.8 Å². The first-order valence-corrected chi connectivity index (χ1v) is 8.63. The SMILES string of the molecule is Cc1ccc(-c2csc(NC(=O)c3cnc4ccccc4n3)n2)cc1. The van der Waals surface area contributed by atoms with Crippen LogP contribution in [0, 0.1) is 6.92 Å². The van der Waals surface area contributed by atoms with Gasteiger partial charge in [0.05, 0.1) is 22.9 Å². The molecule has 0 saturated carbocycles. The largest absolute Gasteiger partial charge is 0.296 e. The quantitative estimate of drug-likeness (QED) is 0.600. The average molecular weight is 346 g/mol. The van der Waals surface area contributed by atoms with Crippen molar-refractivity contribution in [2.45, 2.75) is 6.92 Å². The highest BCUT2D eigenvalue weighted by Gasteiger charge is 2.12. The minimum Gasteiger partial charge on any atom is -0.296 e. The Morgan fingerprint density at radius 3 is 2.56 bits per heavy atom. The summed E-state index contributed by atoms with van der Waals surface area (Å²) in [6.07, 6.45) is 1.48. The first kappa shape index (κ1) is 15.4. The van der Waals surface area contributed by atoms with Crippen LogP contribution in [-0.2, 0) is 0 Å². The highest BCUT2D eigenvalue weighted by molar-refractivity contribution is 7.14. The van der Waals surface area contributed by atoms with Crippen molar-refractivity contribution in [1.82, 2.24) is 15.0 Å². The predicted octanol–water partition coefficient (Wildman–Crippen LogP) is 4.31. The van der Waals surface area contributed by atoms with E-state index >= 15 is 0 Å². The van der Waals surface area contributed by atoms with Crippen molar-refractivity contribution in [3.8, 4) is 11.3 Å². The molecule has 4 aromatic rings. The van der Waals surface area contributed by atoms with Crippen LogP contribution in [0.1, 0.15) is 16.1 Å². The van der Waals surface area contributed by atoms with Gasteiger partial charge in [-0.15, -0.1) is 11.3 Å². The van der Waals surface area contributed by atoms with E-state index in [1.54, 1.807) is 0 Å². The van der Waals surface area contributed by atoms with E-state index in [2.05, 4.69) is 20.3 Å². The number of nitrogens with zero attached hydrogens (tertiary/aromatic N) is 3. The number of carbonyl (C=O) groups excluding carboxylic acids is 1. The molecule has 0 atom stereocenters. The summed E-state index contributed by atoms with van der Waals surface area (Å²) in [6, 6.07) is 15.6. The molecule has 0 aliphatic rings. The van der Waals surface area contributed by atoms with Crippen molar-refractivity contribution >= 4 is 33.4 Å². The number of aryl methyl sites for hydroxylation is 1. The number of fused-ring (bicyclic) bond motifs is 1. The monoisotopic (exact) mass is 346 g/mol. The Balaban J connectivity index is 1.55. The smallest absolute Gasteiger partial charge is 0.277 e. The fourth-order valence-electron chi connectivity index (χ4n) is 2.42. The minimum absolute atomic E-state index is 0.269. The van der Waals surface area contributed by atoms with Crippen LogP contribution in [0.25, 0.3) is 22.3 Å². The van der Waals surface area contributed by atoms with Gasteiger partial charge in [0, 0.05) is 10.9 Å². The molecule has 0 spiro atoms. The Kier molecular flexibility index (Phi) is 3.95. The number of rotatable bonds is 3. The first-order valence-electron chi connectivity index (χ1n) is 7.75. The summed E-state index contributed by atoms with van der Waals surface area (Å²) in [7, 11) is 0. The summed E-state index contributed by atoms with van der Waals surface area (Å²) < 4.78 is 0. The third kappa shape index (κ3) is 3.25. The van der Waals surface area contributed by atoms with E-state index in [1.165, 1.54) is 23.1 Å². The molecule has 0 bridgehead atoms. The van der Waals surface area contributed by atoms with E-state index in [1.807, 2.05) is 60.8 Å². The van der Waals surface area contributed by atoms with Crippen molar-refractivity contribution in [2.24, 2.45) is 0 Å². The average Bonchev–Trinajstić information content (AvgIpc) is 3.10. The second-order valence-corrected chi connectivity index (χ2v) is 6.46. The summed E-state index contributed by atoms with van der Waals surface area (Å²) in [4.78, 5) is 25.5. The van der Waals surface area contributed by atoms with Crippen LogP contribution >= 0.6 is 11.3 Å². The molecule has 2 heterocycles. The number of aromatic nitrogens is 3. The normalized spacial score (nSPS) is 10.8. The van der Waals surface area contributed by atoms with Crippen LogP contribution in [0.15, 0.2) is 60.1 Å². The molecule has 25 heavy (non-hydrogen) atoms. The summed E-state index contributed by atoms with van der Waals surface area (Å²) >= 11 is 1.38. The van der Waals surface area contributed by atoms with E-state index in [0.29, 0.717) is 10.6 Å². The summed E-state index contributed by atoms with van der Waals surface area (Å²) in [5.74, 6) is -0.317. The van der Waals surface area contributed by atoms with Gasteiger partial charge in [0.2, 0.25) is 0 Å². The number of amides is 1. The summed E-state index contributed by atoms with van der Waals surface area (Å²) in [5, 5.41) is 5.25. The lowest BCUT2D eigenvalue weighted by molar-refractivity contribution is 0.102. The van der Waals surface area contributed by atoms with Crippen LogP contribution in [0.3, 0.4) is 0 Å². The Labute approximate surface area is 148 Å². The fourth-order valence-corrected chi connectivity index (χ4v) is 3.13. The molecule has 1 N–H and O–H groups in total. The van der Waals surface area contributed by atoms with Crippen molar-refractivity contribution in [1.29, 1.82) is 0 Å². The van der Waals surface area contributed by atoms with Crippen LogP contribution in [0.5, 0.6) is 0 Å². The van der Waals surface area contributed by atoms with Crippen molar-refractivity contribution in [2.75, 3.05) is 5.32 Å². The van der Waals surface area contributed by atoms with Gasteiger partial charge in [-0.3, -0.25) is 15.1 Å². The third-order valence-corrected chi connectivity index (χ3v) is 4.51. The maximum Gasteiger partial charge on any atom is 0.277 e. The number of hydrogen-bond acceptors (Lipinski definition) is 5. The molecule has 2 aromatic heterocycles. The minimum atomic E-state index is -0.317. The van der Waals surface area contributed by atoms with Gasteiger partial charge < -0.3 is 0 Å². The Bertz CT molecular complexity index is 1060. The van der Waals surface area contributed by atoms with Gasteiger partial charge in [0.15, 0.2) is 5.13 Å². The van der Waals surface area contributed by atoms with Gasteiger partial charge in [-0.1, -0.05) is 42.0 Å². The molecule has 2 aromatic carbocycles. The van der Waals surface area contributed by atoms with E-state index in [-0.39, 0.29) is 11.6 Å². The number of carbonyl (C=O) groups is 1. The number of thiazole rings is 1. The van der Waals surface area contributed by atoms with Gasteiger partial charge in [-0.05, 0) is 19.1 Å². The maximum atomic E-state index is 12.4. The molecule has 0 fully saturated rings. The number of benzene rings is 2. The molecule has 0 saturated heterocycles. The lowest BCUT2D eigenvalue weighted by Crippen LogP contribution is -2.14. The second-order valence-electron chi connectivity index (χ2n) is 5.60. The maximum absolute atomic E-state index is 12.4. The van der Waals surface area contributed by atoms with Crippen molar-refractivity contribution in [3.05, 3.63) is 71.4 Å². The van der Waals surface area contributed by atoms with Crippen molar-refractivity contribution in [3.63, 3.8) is 0 Å². The zero-order chi connectivity index (χ0) is 17.2. The van der Waals surface area contributed by atoms with Crippen molar-refractivity contribution < 1.29 is 4.79 Å². The molecule has 0 aliphatic heterocycles. The molecule has 5 nitrogen and oxygen atoms in total. The van der Waals surface area contributed by atoms with Gasteiger partial charge >= 0.3 is 0 Å². The van der Waals surface area contributed by atoms with E-state index < -0.39 is 0 Å². The van der Waals surface area contributed by atoms with Gasteiger partial charge in [0.25, 0.3) is 5.91 Å². The highest BCUT2D eigenvalue weighted by Crippen LogP contribution is 2.25. The Hall–Kier alpha value is -3.12. The zero-order valence-corrected chi connectivity index (χ0v) is 14.2. The molecule has 122 valence electrons. The predicted molar refractivity (Wildman–Crippen MR) is 99.8 cm³/mol. The van der Waals surface area contributed by atoms with Crippen LogP contribution in [-0.4, -0.2) is 20.9 Å². The van der Waals surface area contributed by atoms with Crippen LogP contribution < -0.4 is 5.32 Å². The number of anilines is 1. The second kappa shape index (κ2) is 6.41. The molecule has 0 unspecified atom stereocenters. The zero-order valence-electron chi connectivity index (χ0n) is 13.4. The molecular weight excluding hydrogens is 332 g/mol. The van der Waals surface area contributed by atoms with Gasteiger partial charge in [-0.2, -0.15) is 0 Å². The van der Waals surface area contributed by atoms with E-state index in [4.69, 9.17) is 0 Å². The third-order valence-electron chi connectivity index (χ3n) is 3.75. The molecule has 0 radical (unpaired) electrons. The lowest BCUT2D eigenvalue weighted by atomic mass is 10.1. The molecule has 0 aliphatic carbocycles. The number of nitrogens with one attached hydrogen (secondary N) is 1. The molecular formula is C19H14N4OS. The molecule has 1 amide bonds. The standard InChI is InChI=1S/C19H14N4OS/c1-12-6-8-13(9-7-12)17-11-25-19(22-17)23-18(24)16-10-20-14-4-2-3-5-15(14)21-16/h2-11H,1H3,(H,22,23,24).